The van der Waals surface area contributed by atoms with Crippen molar-refractivity contribution in [3.8, 4) is 0 Å². The van der Waals surface area contributed by atoms with E-state index in [9.17, 15) is 4.79 Å². The summed E-state index contributed by atoms with van der Waals surface area (Å²) in [6.07, 6.45) is 9.84. The number of aromatic nitrogens is 2. The topological polar surface area (TPSA) is 49.0 Å². The zero-order valence-corrected chi connectivity index (χ0v) is 16.0. The molecule has 1 saturated heterocycles. The number of aromatic amines is 1. The van der Waals surface area contributed by atoms with Gasteiger partial charge in [0.05, 0.1) is 16.4 Å². The largest absolute Gasteiger partial charge is 0.342 e. The summed E-state index contributed by atoms with van der Waals surface area (Å²) in [7, 11) is 0. The normalized spacial score (nSPS) is 35.9. The number of piperidine rings is 1. The summed E-state index contributed by atoms with van der Waals surface area (Å²) in [5, 5.41) is 0. The van der Waals surface area contributed by atoms with Crippen LogP contribution in [0, 0.1) is 23.2 Å². The highest BCUT2D eigenvalue weighted by atomic mass is 16.2. The molecular weight excluding hydrogens is 334 g/mol. The van der Waals surface area contributed by atoms with Crippen LogP contribution in [-0.2, 0) is 4.79 Å². The smallest absolute Gasteiger partial charge is 0.228 e. The maximum absolute atomic E-state index is 13.5. The minimum absolute atomic E-state index is 0.0148. The van der Waals surface area contributed by atoms with Crippen LogP contribution in [0.15, 0.2) is 24.3 Å². The molecule has 4 bridgehead atoms. The SMILES string of the molecule is O=C(N1CCC(c2nc3ccccc3[nH]2)CC1)C12CC3CC(CC(C3)C1)C2. The highest BCUT2D eigenvalue weighted by Gasteiger charge is 2.55. The molecule has 0 atom stereocenters. The predicted molar refractivity (Wildman–Crippen MR) is 105 cm³/mol. The van der Waals surface area contributed by atoms with Gasteiger partial charge in [-0.2, -0.15) is 0 Å². The van der Waals surface area contributed by atoms with Gasteiger partial charge in [0.25, 0.3) is 0 Å². The lowest BCUT2D eigenvalue weighted by Crippen LogP contribution is -2.55. The van der Waals surface area contributed by atoms with E-state index in [1.807, 2.05) is 6.07 Å². The van der Waals surface area contributed by atoms with Crippen molar-refractivity contribution in [1.29, 1.82) is 0 Å². The number of benzene rings is 1. The van der Waals surface area contributed by atoms with E-state index < -0.39 is 0 Å². The van der Waals surface area contributed by atoms with Gasteiger partial charge in [-0.15, -0.1) is 0 Å². The Morgan fingerprint density at radius 2 is 1.63 bits per heavy atom. The van der Waals surface area contributed by atoms with Crippen molar-refractivity contribution in [2.45, 2.75) is 57.3 Å². The van der Waals surface area contributed by atoms with E-state index in [4.69, 9.17) is 4.98 Å². The molecule has 0 radical (unpaired) electrons. The zero-order valence-electron chi connectivity index (χ0n) is 16.0. The lowest BCUT2D eigenvalue weighted by atomic mass is 9.49. The number of nitrogens with one attached hydrogen (secondary N) is 1. The van der Waals surface area contributed by atoms with Crippen LogP contribution in [0.5, 0.6) is 0 Å². The van der Waals surface area contributed by atoms with E-state index in [-0.39, 0.29) is 5.41 Å². The fourth-order valence-electron chi connectivity index (χ4n) is 7.23. The Kier molecular flexibility index (Phi) is 3.48. The highest BCUT2D eigenvalue weighted by molar-refractivity contribution is 5.83. The Bertz CT molecular complexity index is 808. The molecule has 4 saturated carbocycles. The maximum Gasteiger partial charge on any atom is 0.228 e. The van der Waals surface area contributed by atoms with Crippen LogP contribution in [0.2, 0.25) is 0 Å². The van der Waals surface area contributed by atoms with Crippen molar-refractivity contribution in [1.82, 2.24) is 14.9 Å². The van der Waals surface area contributed by atoms with Crippen LogP contribution in [0.4, 0.5) is 0 Å². The number of rotatable bonds is 2. The molecule has 4 heteroatoms. The number of fused-ring (bicyclic) bond motifs is 1. The van der Waals surface area contributed by atoms with Crippen molar-refractivity contribution in [2.75, 3.05) is 13.1 Å². The first-order chi connectivity index (χ1) is 13.2. The van der Waals surface area contributed by atoms with Crippen molar-refractivity contribution in [3.05, 3.63) is 30.1 Å². The van der Waals surface area contributed by atoms with Gasteiger partial charge in [-0.25, -0.2) is 4.98 Å². The molecule has 0 spiro atoms. The monoisotopic (exact) mass is 363 g/mol. The van der Waals surface area contributed by atoms with Gasteiger partial charge in [0, 0.05) is 19.0 Å². The second-order valence-corrected chi connectivity index (χ2v) is 9.90. The summed E-state index contributed by atoms with van der Waals surface area (Å²) in [5.41, 5.74) is 2.19. The molecule has 5 aliphatic rings. The Balaban J connectivity index is 1.16. The molecule has 2 aromatic rings. The predicted octanol–water partition coefficient (Wildman–Crippen LogP) is 4.49. The first kappa shape index (κ1) is 16.1. The van der Waals surface area contributed by atoms with E-state index >= 15 is 0 Å². The van der Waals surface area contributed by atoms with Gasteiger partial charge in [0.15, 0.2) is 0 Å². The molecule has 2 heterocycles. The van der Waals surface area contributed by atoms with Gasteiger partial charge < -0.3 is 9.88 Å². The zero-order chi connectivity index (χ0) is 18.0. The maximum atomic E-state index is 13.5. The first-order valence-electron chi connectivity index (χ1n) is 10.9. The number of amides is 1. The molecule has 1 aromatic heterocycles. The van der Waals surface area contributed by atoms with Crippen molar-refractivity contribution >= 4 is 16.9 Å². The third kappa shape index (κ3) is 2.55. The Labute approximate surface area is 160 Å². The number of imidazole rings is 1. The minimum atomic E-state index is 0.0148. The van der Waals surface area contributed by atoms with Crippen LogP contribution < -0.4 is 0 Å². The molecule has 142 valence electrons. The van der Waals surface area contributed by atoms with Crippen LogP contribution in [0.25, 0.3) is 11.0 Å². The minimum Gasteiger partial charge on any atom is -0.342 e. The fraction of sp³-hybridized carbons (Fsp3) is 0.652. The Morgan fingerprint density at radius 1 is 1.00 bits per heavy atom. The molecule has 1 aliphatic heterocycles. The third-order valence-electron chi connectivity index (χ3n) is 8.07. The lowest BCUT2D eigenvalue weighted by Gasteiger charge is -2.57. The summed E-state index contributed by atoms with van der Waals surface area (Å²) in [6, 6.07) is 8.26. The average molecular weight is 364 g/mol. The van der Waals surface area contributed by atoms with E-state index in [0.29, 0.717) is 11.8 Å². The number of carbonyl (C=O) groups is 1. The van der Waals surface area contributed by atoms with E-state index in [1.54, 1.807) is 0 Å². The number of likely N-dealkylation sites (tertiary alicyclic amines) is 1. The second kappa shape index (κ2) is 5.83. The van der Waals surface area contributed by atoms with Crippen molar-refractivity contribution in [3.63, 3.8) is 0 Å². The summed E-state index contributed by atoms with van der Waals surface area (Å²) in [6.45, 7) is 1.81. The summed E-state index contributed by atoms with van der Waals surface area (Å²) in [5.74, 6) is 4.59. The average Bonchev–Trinajstić information content (AvgIpc) is 3.11. The first-order valence-corrected chi connectivity index (χ1v) is 10.9. The Morgan fingerprint density at radius 3 is 2.26 bits per heavy atom. The van der Waals surface area contributed by atoms with Crippen LogP contribution in [0.1, 0.15) is 63.1 Å². The highest BCUT2D eigenvalue weighted by Crippen LogP contribution is 2.60. The number of hydrogen-bond acceptors (Lipinski definition) is 2. The standard InChI is InChI=1S/C23H29N3O/c27-22(23-12-15-9-16(13-23)11-17(10-15)14-23)26-7-5-18(6-8-26)21-24-19-3-1-2-4-20(19)25-21/h1-4,15-18H,5-14H2,(H,24,25). The Hall–Kier alpha value is -1.84. The van der Waals surface area contributed by atoms with E-state index in [2.05, 4.69) is 28.1 Å². The fourth-order valence-corrected chi connectivity index (χ4v) is 7.23. The quantitative estimate of drug-likeness (QED) is 0.855. The van der Waals surface area contributed by atoms with E-state index in [1.165, 1.54) is 38.5 Å². The molecule has 5 fully saturated rings. The van der Waals surface area contributed by atoms with Gasteiger partial charge >= 0.3 is 0 Å². The van der Waals surface area contributed by atoms with Gasteiger partial charge in [-0.05, 0) is 81.3 Å². The van der Waals surface area contributed by atoms with Crippen molar-refractivity contribution in [2.24, 2.45) is 23.2 Å². The van der Waals surface area contributed by atoms with Gasteiger partial charge in [0.2, 0.25) is 5.91 Å². The van der Waals surface area contributed by atoms with Gasteiger partial charge in [-0.1, -0.05) is 12.1 Å². The second-order valence-electron chi connectivity index (χ2n) is 9.90. The molecule has 27 heavy (non-hydrogen) atoms. The number of hydrogen-bond donors (Lipinski definition) is 1. The lowest BCUT2D eigenvalue weighted by molar-refractivity contribution is -0.158. The molecule has 4 nitrogen and oxygen atoms in total. The number of carbonyl (C=O) groups excluding carboxylic acids is 1. The molecular formula is C23H29N3O. The van der Waals surface area contributed by atoms with E-state index in [0.717, 1.165) is 60.5 Å². The summed E-state index contributed by atoms with van der Waals surface area (Å²) in [4.78, 5) is 24.1. The molecule has 4 aliphatic carbocycles. The summed E-state index contributed by atoms with van der Waals surface area (Å²) >= 11 is 0. The van der Waals surface area contributed by atoms with Crippen molar-refractivity contribution < 1.29 is 4.79 Å². The van der Waals surface area contributed by atoms with Crippen LogP contribution in [0.3, 0.4) is 0 Å². The van der Waals surface area contributed by atoms with Gasteiger partial charge in [-0.3, -0.25) is 4.79 Å². The molecule has 7 rings (SSSR count). The molecule has 1 aromatic carbocycles. The van der Waals surface area contributed by atoms with Crippen LogP contribution >= 0.6 is 0 Å². The number of para-hydroxylation sites is 2. The molecule has 1 N–H and O–H groups in total. The summed E-state index contributed by atoms with van der Waals surface area (Å²) < 4.78 is 0. The number of H-pyrrole nitrogens is 1. The molecule has 1 amide bonds. The van der Waals surface area contributed by atoms with Gasteiger partial charge in [0.1, 0.15) is 5.82 Å². The van der Waals surface area contributed by atoms with Crippen LogP contribution in [-0.4, -0.2) is 33.9 Å². The third-order valence-corrected chi connectivity index (χ3v) is 8.07. The number of nitrogens with zero attached hydrogens (tertiary/aromatic N) is 2. The molecule has 0 unspecified atom stereocenters.